The van der Waals surface area contributed by atoms with Gasteiger partial charge in [-0.25, -0.2) is 4.39 Å². The second-order valence-electron chi connectivity index (χ2n) is 8.41. The average Bonchev–Trinajstić information content (AvgIpc) is 3.48. The molecule has 2 aromatic heterocycles. The lowest BCUT2D eigenvalue weighted by molar-refractivity contribution is -0.133. The van der Waals surface area contributed by atoms with E-state index in [4.69, 9.17) is 0 Å². The van der Waals surface area contributed by atoms with E-state index >= 15 is 0 Å². The van der Waals surface area contributed by atoms with Crippen molar-refractivity contribution in [3.05, 3.63) is 65.9 Å². The number of benzene rings is 1. The van der Waals surface area contributed by atoms with Crippen LogP contribution < -0.4 is 5.32 Å². The van der Waals surface area contributed by atoms with Crippen LogP contribution in [0, 0.1) is 11.2 Å². The molecule has 2 saturated heterocycles. The summed E-state index contributed by atoms with van der Waals surface area (Å²) in [5.74, 6) is -0.0334. The van der Waals surface area contributed by atoms with Gasteiger partial charge in [0.2, 0.25) is 5.91 Å². The fourth-order valence-corrected chi connectivity index (χ4v) is 5.39. The fourth-order valence-electron chi connectivity index (χ4n) is 5.39. The van der Waals surface area contributed by atoms with Gasteiger partial charge in [0.05, 0.1) is 12.0 Å². The van der Waals surface area contributed by atoms with Crippen LogP contribution in [0.15, 0.2) is 48.7 Å². The molecule has 4 heterocycles. The van der Waals surface area contributed by atoms with Crippen molar-refractivity contribution in [3.8, 4) is 0 Å². The van der Waals surface area contributed by atoms with Crippen molar-refractivity contribution in [2.75, 3.05) is 0 Å². The van der Waals surface area contributed by atoms with Gasteiger partial charge in [-0.3, -0.25) is 14.0 Å². The molecule has 3 atom stereocenters. The molecule has 8 heteroatoms. The Morgan fingerprint density at radius 3 is 2.87 bits per heavy atom. The van der Waals surface area contributed by atoms with Crippen molar-refractivity contribution in [3.63, 3.8) is 0 Å². The van der Waals surface area contributed by atoms with Crippen LogP contribution in [0.25, 0.3) is 5.65 Å². The first-order valence-corrected chi connectivity index (χ1v) is 10.7. The molecule has 2 fully saturated rings. The summed E-state index contributed by atoms with van der Waals surface area (Å²) in [5, 5.41) is 11.3. The first-order chi connectivity index (χ1) is 15.0. The molecule has 3 aromatic rings. The predicted molar refractivity (Wildman–Crippen MR) is 112 cm³/mol. The molecule has 0 spiro atoms. The highest BCUT2D eigenvalue weighted by Crippen LogP contribution is 2.52. The predicted octanol–water partition coefficient (Wildman–Crippen LogP) is 2.96. The minimum atomic E-state index is -0.646. The van der Waals surface area contributed by atoms with Gasteiger partial charge in [0, 0.05) is 23.8 Å². The van der Waals surface area contributed by atoms with Crippen molar-refractivity contribution in [1.29, 1.82) is 0 Å². The highest BCUT2D eigenvalue weighted by molar-refractivity contribution is 5.96. The number of carbonyl (C=O) groups is 2. The Morgan fingerprint density at radius 1 is 1.19 bits per heavy atom. The molecule has 5 rings (SSSR count). The first-order valence-electron chi connectivity index (χ1n) is 10.7. The molecule has 2 amide bonds. The Kier molecular flexibility index (Phi) is 4.72. The Labute approximate surface area is 179 Å². The zero-order valence-electron chi connectivity index (χ0n) is 17.3. The van der Waals surface area contributed by atoms with E-state index in [-0.39, 0.29) is 30.4 Å². The summed E-state index contributed by atoms with van der Waals surface area (Å²) in [5.41, 5.74) is 0.412. The first kappa shape index (κ1) is 19.7. The summed E-state index contributed by atoms with van der Waals surface area (Å²) in [6.07, 6.45) is 4.77. The van der Waals surface area contributed by atoms with E-state index in [0.29, 0.717) is 24.2 Å². The third-order valence-electron chi connectivity index (χ3n) is 6.92. The molecule has 0 aliphatic carbocycles. The van der Waals surface area contributed by atoms with Crippen molar-refractivity contribution in [2.45, 2.75) is 51.2 Å². The number of nitrogens with zero attached hydrogens (tertiary/aromatic N) is 4. The number of hydrogen-bond acceptors (Lipinski definition) is 4. The molecule has 2 bridgehead atoms. The molecule has 160 valence electrons. The number of fused-ring (bicyclic) bond motifs is 3. The third kappa shape index (κ3) is 3.08. The third-order valence-corrected chi connectivity index (χ3v) is 6.92. The van der Waals surface area contributed by atoms with Gasteiger partial charge in [0.15, 0.2) is 11.5 Å². The standard InChI is InChI=1S/C23H24FN5O2/c1-2-23(22(31)25-14-20-27-26-19-8-3-4-11-28(19)20)13-17-9-10-18(23)29(17)21(30)15-6-5-7-16(24)12-15/h3-8,11-12,17-18H,2,9-10,13-14H2,1H3,(H,25,31)/t17-,18+,23+/m1/s1. The quantitative estimate of drug-likeness (QED) is 0.687. The molecule has 7 nitrogen and oxygen atoms in total. The number of rotatable bonds is 5. The highest BCUT2D eigenvalue weighted by atomic mass is 19.1. The summed E-state index contributed by atoms with van der Waals surface area (Å²) < 4.78 is 15.5. The van der Waals surface area contributed by atoms with Gasteiger partial charge in [-0.2, -0.15) is 0 Å². The number of aromatic nitrogens is 3. The van der Waals surface area contributed by atoms with Gasteiger partial charge in [-0.05, 0) is 56.0 Å². The zero-order valence-corrected chi connectivity index (χ0v) is 17.3. The van der Waals surface area contributed by atoms with Gasteiger partial charge >= 0.3 is 0 Å². The molecule has 2 aliphatic heterocycles. The van der Waals surface area contributed by atoms with Crippen LogP contribution in [-0.2, 0) is 11.3 Å². The van der Waals surface area contributed by atoms with Crippen molar-refractivity contribution in [2.24, 2.45) is 5.41 Å². The number of halogens is 1. The molecular formula is C23H24FN5O2. The minimum Gasteiger partial charge on any atom is -0.348 e. The lowest BCUT2D eigenvalue weighted by Gasteiger charge is -2.35. The number of pyridine rings is 1. The molecule has 2 aliphatic rings. The van der Waals surface area contributed by atoms with Gasteiger partial charge in [0.25, 0.3) is 5.91 Å². The molecule has 0 saturated carbocycles. The summed E-state index contributed by atoms with van der Waals surface area (Å²) in [6, 6.07) is 11.2. The zero-order chi connectivity index (χ0) is 21.6. The number of nitrogens with one attached hydrogen (secondary N) is 1. The van der Waals surface area contributed by atoms with Crippen LogP contribution in [-0.4, -0.2) is 43.4 Å². The Morgan fingerprint density at radius 2 is 2.06 bits per heavy atom. The number of amides is 2. The maximum absolute atomic E-state index is 13.7. The molecule has 0 radical (unpaired) electrons. The van der Waals surface area contributed by atoms with Crippen LogP contribution in [0.2, 0.25) is 0 Å². The van der Waals surface area contributed by atoms with Crippen LogP contribution >= 0.6 is 0 Å². The normalized spacial score (nSPS) is 24.6. The van der Waals surface area contributed by atoms with Crippen molar-refractivity contribution < 1.29 is 14.0 Å². The summed E-state index contributed by atoms with van der Waals surface area (Å²) in [7, 11) is 0. The Balaban J connectivity index is 1.36. The maximum Gasteiger partial charge on any atom is 0.254 e. The van der Waals surface area contributed by atoms with Gasteiger partial charge in [0.1, 0.15) is 5.82 Å². The summed E-state index contributed by atoms with van der Waals surface area (Å²) in [4.78, 5) is 28.4. The largest absolute Gasteiger partial charge is 0.348 e. The lowest BCUT2D eigenvalue weighted by Crippen LogP contribution is -2.49. The Hall–Kier alpha value is -3.29. The summed E-state index contributed by atoms with van der Waals surface area (Å²) >= 11 is 0. The van der Waals surface area contributed by atoms with Crippen LogP contribution in [0.4, 0.5) is 4.39 Å². The number of hydrogen-bond donors (Lipinski definition) is 1. The van der Waals surface area contributed by atoms with Crippen molar-refractivity contribution >= 4 is 17.5 Å². The molecular weight excluding hydrogens is 397 g/mol. The molecule has 31 heavy (non-hydrogen) atoms. The molecule has 1 N–H and O–H groups in total. The summed E-state index contributed by atoms with van der Waals surface area (Å²) in [6.45, 7) is 2.26. The van der Waals surface area contributed by atoms with Gasteiger partial charge in [-0.15, -0.1) is 10.2 Å². The molecule has 0 unspecified atom stereocenters. The van der Waals surface area contributed by atoms with Gasteiger partial charge < -0.3 is 10.2 Å². The SMILES string of the molecule is CC[C@]1(C(=O)NCc2nnc3ccccn23)C[C@H]2CC[C@@H]1N2C(=O)c1cccc(F)c1. The van der Waals surface area contributed by atoms with E-state index < -0.39 is 11.2 Å². The van der Waals surface area contributed by atoms with E-state index in [0.717, 1.165) is 18.5 Å². The minimum absolute atomic E-state index is 0.000361. The second-order valence-corrected chi connectivity index (χ2v) is 8.41. The molecule has 1 aromatic carbocycles. The van der Waals surface area contributed by atoms with E-state index in [1.807, 2.05) is 40.6 Å². The monoisotopic (exact) mass is 421 g/mol. The lowest BCUT2D eigenvalue weighted by atomic mass is 9.71. The Bertz CT molecular complexity index is 1160. The van der Waals surface area contributed by atoms with Gasteiger partial charge in [-0.1, -0.05) is 19.1 Å². The average molecular weight is 421 g/mol. The highest BCUT2D eigenvalue weighted by Gasteiger charge is 2.60. The van der Waals surface area contributed by atoms with Crippen LogP contribution in [0.3, 0.4) is 0 Å². The van der Waals surface area contributed by atoms with E-state index in [9.17, 15) is 14.0 Å². The maximum atomic E-state index is 13.7. The number of carbonyl (C=O) groups excluding carboxylic acids is 2. The smallest absolute Gasteiger partial charge is 0.254 e. The fraction of sp³-hybridized carbons (Fsp3) is 0.391. The van der Waals surface area contributed by atoms with Crippen molar-refractivity contribution in [1.82, 2.24) is 24.8 Å². The van der Waals surface area contributed by atoms with E-state index in [1.165, 1.54) is 12.1 Å². The van der Waals surface area contributed by atoms with Crippen LogP contribution in [0.1, 0.15) is 48.8 Å². The van der Waals surface area contributed by atoms with Crippen LogP contribution in [0.5, 0.6) is 0 Å². The van der Waals surface area contributed by atoms with E-state index in [2.05, 4.69) is 15.5 Å². The topological polar surface area (TPSA) is 79.6 Å². The second kappa shape index (κ2) is 7.44. The van der Waals surface area contributed by atoms with E-state index in [1.54, 1.807) is 12.1 Å².